The van der Waals surface area contributed by atoms with Crippen molar-refractivity contribution in [2.45, 2.75) is 45.1 Å². The van der Waals surface area contributed by atoms with Gasteiger partial charge in [0.1, 0.15) is 18.1 Å². The summed E-state index contributed by atoms with van der Waals surface area (Å²) in [6.45, 7) is 1.64. The van der Waals surface area contributed by atoms with Gasteiger partial charge in [-0.25, -0.2) is 9.79 Å². The molecule has 4 rings (SSSR count). The van der Waals surface area contributed by atoms with Crippen molar-refractivity contribution in [3.05, 3.63) is 101 Å². The second-order valence-corrected chi connectivity index (χ2v) is 10.4. The fourth-order valence-corrected chi connectivity index (χ4v) is 4.90. The molecule has 1 aliphatic rings. The topological polar surface area (TPSA) is 109 Å². The van der Waals surface area contributed by atoms with Gasteiger partial charge in [0, 0.05) is 32.4 Å². The molecule has 0 saturated carbocycles. The maximum Gasteiger partial charge on any atom is 0.352 e. The van der Waals surface area contributed by atoms with Crippen molar-refractivity contribution in [2.24, 2.45) is 10.9 Å². The van der Waals surface area contributed by atoms with Gasteiger partial charge in [-0.05, 0) is 66.1 Å². The Hall–Kier alpha value is -4.77. The van der Waals surface area contributed by atoms with Gasteiger partial charge in [0.25, 0.3) is 0 Å². The fourth-order valence-electron chi connectivity index (χ4n) is 4.90. The summed E-state index contributed by atoms with van der Waals surface area (Å²) in [4.78, 5) is 43.9. The molecular weight excluding hydrogens is 530 g/mol. The average molecular weight is 566 g/mol. The lowest BCUT2D eigenvalue weighted by molar-refractivity contribution is -0.134. The maximum atomic E-state index is 12.8. The molecule has 1 heterocycles. The Morgan fingerprint density at radius 2 is 1.57 bits per heavy atom. The second kappa shape index (κ2) is 15.3. The Kier molecular flexibility index (Phi) is 11.0. The molecule has 0 aliphatic carbocycles. The van der Waals surface area contributed by atoms with E-state index in [1.165, 1.54) is 7.11 Å². The molecule has 8 heteroatoms. The summed E-state index contributed by atoms with van der Waals surface area (Å²) >= 11 is 0. The highest BCUT2D eigenvalue weighted by Crippen LogP contribution is 2.22. The molecular formula is C34H35N3O5. The van der Waals surface area contributed by atoms with E-state index >= 15 is 0 Å². The van der Waals surface area contributed by atoms with Gasteiger partial charge >= 0.3 is 5.97 Å². The van der Waals surface area contributed by atoms with Crippen LogP contribution in [0.3, 0.4) is 0 Å². The van der Waals surface area contributed by atoms with E-state index in [-0.39, 0.29) is 36.3 Å². The van der Waals surface area contributed by atoms with Crippen LogP contribution in [0.2, 0.25) is 0 Å². The number of aliphatic imine (C=N–C) groups is 1. The molecule has 42 heavy (non-hydrogen) atoms. The standard InChI is InChI=1S/C34H35N3O5/c1-41-34(40)31(21-26-11-14-30(15-12-26)42-24-29-5-3-2-4-6-29)36-32(38)22-27-17-19-37(20-18-27)33(39)16-13-25-7-9-28(23-35)10-8-25/h2-12,14-15,27H,13,16-22,24H2,1H3/b36-31+. The molecule has 2 amide bonds. The molecule has 0 bridgehead atoms. The number of hydrogen-bond acceptors (Lipinski definition) is 6. The van der Waals surface area contributed by atoms with Crippen molar-refractivity contribution in [1.29, 1.82) is 5.26 Å². The number of ether oxygens (including phenoxy) is 2. The molecule has 0 radical (unpaired) electrons. The molecule has 216 valence electrons. The van der Waals surface area contributed by atoms with Gasteiger partial charge in [-0.3, -0.25) is 9.59 Å². The lowest BCUT2D eigenvalue weighted by Crippen LogP contribution is -2.39. The Balaban J connectivity index is 1.24. The van der Waals surface area contributed by atoms with Crippen LogP contribution in [-0.2, 0) is 38.6 Å². The van der Waals surface area contributed by atoms with Crippen molar-refractivity contribution in [3.63, 3.8) is 0 Å². The number of rotatable bonds is 11. The zero-order valence-corrected chi connectivity index (χ0v) is 23.8. The third-order valence-electron chi connectivity index (χ3n) is 7.37. The summed E-state index contributed by atoms with van der Waals surface area (Å²) < 4.78 is 10.7. The van der Waals surface area contributed by atoms with E-state index in [0.29, 0.717) is 56.7 Å². The van der Waals surface area contributed by atoms with E-state index in [9.17, 15) is 14.4 Å². The second-order valence-electron chi connectivity index (χ2n) is 10.4. The quantitative estimate of drug-likeness (QED) is 0.237. The zero-order valence-electron chi connectivity index (χ0n) is 23.8. The first-order valence-electron chi connectivity index (χ1n) is 14.1. The van der Waals surface area contributed by atoms with Crippen LogP contribution in [0.5, 0.6) is 5.75 Å². The minimum Gasteiger partial charge on any atom is -0.489 e. The summed E-state index contributed by atoms with van der Waals surface area (Å²) in [5.41, 5.74) is 3.57. The van der Waals surface area contributed by atoms with Gasteiger partial charge in [0.05, 0.1) is 18.7 Å². The van der Waals surface area contributed by atoms with Gasteiger partial charge < -0.3 is 14.4 Å². The predicted octanol–water partition coefficient (Wildman–Crippen LogP) is 5.08. The van der Waals surface area contributed by atoms with E-state index in [1.54, 1.807) is 12.1 Å². The zero-order chi connectivity index (χ0) is 29.7. The number of nitriles is 1. The van der Waals surface area contributed by atoms with Gasteiger partial charge in [-0.15, -0.1) is 0 Å². The molecule has 1 saturated heterocycles. The van der Waals surface area contributed by atoms with Gasteiger partial charge in [-0.2, -0.15) is 5.26 Å². The monoisotopic (exact) mass is 565 g/mol. The number of carbonyl (C=O) groups excluding carboxylic acids is 3. The molecule has 0 spiro atoms. The lowest BCUT2D eigenvalue weighted by Gasteiger charge is -2.31. The van der Waals surface area contributed by atoms with E-state index in [2.05, 4.69) is 11.1 Å². The van der Waals surface area contributed by atoms with Crippen molar-refractivity contribution < 1.29 is 23.9 Å². The maximum absolute atomic E-state index is 12.8. The van der Waals surface area contributed by atoms with Crippen LogP contribution >= 0.6 is 0 Å². The van der Waals surface area contributed by atoms with Crippen molar-refractivity contribution in [2.75, 3.05) is 20.2 Å². The van der Waals surface area contributed by atoms with Gasteiger partial charge in [-0.1, -0.05) is 54.6 Å². The molecule has 3 aromatic rings. The highest BCUT2D eigenvalue weighted by molar-refractivity contribution is 6.38. The van der Waals surface area contributed by atoms with E-state index in [4.69, 9.17) is 14.7 Å². The first-order valence-corrected chi connectivity index (χ1v) is 14.1. The number of methoxy groups -OCH3 is 1. The first kappa shape index (κ1) is 30.2. The fraction of sp³-hybridized carbons (Fsp3) is 0.324. The number of nitrogens with zero attached hydrogens (tertiary/aromatic N) is 3. The van der Waals surface area contributed by atoms with Gasteiger partial charge in [0.2, 0.25) is 11.8 Å². The number of esters is 1. The third-order valence-corrected chi connectivity index (χ3v) is 7.37. The third kappa shape index (κ3) is 9.13. The Morgan fingerprint density at radius 3 is 2.21 bits per heavy atom. The largest absolute Gasteiger partial charge is 0.489 e. The van der Waals surface area contributed by atoms with Crippen LogP contribution < -0.4 is 4.74 Å². The van der Waals surface area contributed by atoms with Crippen LogP contribution in [0.1, 0.15) is 47.9 Å². The number of likely N-dealkylation sites (tertiary alicyclic amines) is 1. The smallest absolute Gasteiger partial charge is 0.352 e. The van der Waals surface area contributed by atoms with Crippen LogP contribution in [-0.4, -0.2) is 48.6 Å². The minimum atomic E-state index is -0.629. The number of piperidine rings is 1. The SMILES string of the molecule is COC(=O)/C(Cc1ccc(OCc2ccccc2)cc1)=N/C(=O)CC1CCN(C(=O)CCc2ccc(C#N)cc2)CC1. The van der Waals surface area contributed by atoms with E-state index in [1.807, 2.05) is 71.6 Å². The summed E-state index contributed by atoms with van der Waals surface area (Å²) in [5, 5.41) is 8.92. The Bertz CT molecular complexity index is 1420. The lowest BCUT2D eigenvalue weighted by atomic mass is 9.93. The normalized spacial score (nSPS) is 13.7. The van der Waals surface area contributed by atoms with Crippen LogP contribution in [0.25, 0.3) is 0 Å². The molecule has 1 fully saturated rings. The summed E-state index contributed by atoms with van der Waals surface area (Å²) in [6, 6.07) is 26.6. The summed E-state index contributed by atoms with van der Waals surface area (Å²) in [5.74, 6) is -0.0936. The number of amides is 2. The number of aryl methyl sites for hydroxylation is 1. The van der Waals surface area contributed by atoms with Crippen LogP contribution in [0.15, 0.2) is 83.9 Å². The molecule has 8 nitrogen and oxygen atoms in total. The molecule has 0 atom stereocenters. The molecule has 0 aromatic heterocycles. The molecule has 0 unspecified atom stereocenters. The average Bonchev–Trinajstić information content (AvgIpc) is 3.03. The van der Waals surface area contributed by atoms with E-state index in [0.717, 1.165) is 16.7 Å². The highest BCUT2D eigenvalue weighted by atomic mass is 16.5. The van der Waals surface area contributed by atoms with Gasteiger partial charge in [0.15, 0.2) is 0 Å². The van der Waals surface area contributed by atoms with Crippen LogP contribution in [0, 0.1) is 17.2 Å². The van der Waals surface area contributed by atoms with E-state index < -0.39 is 5.97 Å². The Labute approximate surface area is 246 Å². The summed E-state index contributed by atoms with van der Waals surface area (Å²) in [6.07, 6.45) is 2.84. The molecule has 0 N–H and O–H groups in total. The number of hydrogen-bond donors (Lipinski definition) is 0. The minimum absolute atomic E-state index is 0.0656. The van der Waals surface area contributed by atoms with Crippen LogP contribution in [0.4, 0.5) is 0 Å². The Morgan fingerprint density at radius 1 is 0.905 bits per heavy atom. The molecule has 1 aliphatic heterocycles. The van der Waals surface area contributed by atoms with Crippen molar-refractivity contribution in [3.8, 4) is 11.8 Å². The summed E-state index contributed by atoms with van der Waals surface area (Å²) in [7, 11) is 1.27. The predicted molar refractivity (Wildman–Crippen MR) is 159 cm³/mol. The molecule has 3 aromatic carbocycles. The number of carbonyl (C=O) groups is 3. The number of benzene rings is 3. The first-order chi connectivity index (χ1) is 20.4. The van der Waals surface area contributed by atoms with Crippen molar-refractivity contribution >= 4 is 23.5 Å². The van der Waals surface area contributed by atoms with Crippen molar-refractivity contribution in [1.82, 2.24) is 4.90 Å². The highest BCUT2D eigenvalue weighted by Gasteiger charge is 2.25.